The number of hydrogen-bond acceptors (Lipinski definition) is 3. The van der Waals surface area contributed by atoms with E-state index in [0.29, 0.717) is 12.3 Å². The maximum absolute atomic E-state index is 12.7. The number of ether oxygens (including phenoxy) is 1. The maximum atomic E-state index is 12.7. The summed E-state index contributed by atoms with van der Waals surface area (Å²) in [6, 6.07) is 12.9. The van der Waals surface area contributed by atoms with Gasteiger partial charge in [0.25, 0.3) is 0 Å². The molecule has 130 valence electrons. The van der Waals surface area contributed by atoms with Crippen LogP contribution in [0.25, 0.3) is 10.8 Å². The van der Waals surface area contributed by atoms with Crippen LogP contribution < -0.4 is 5.32 Å². The van der Waals surface area contributed by atoms with Crippen LogP contribution >= 0.6 is 0 Å². The number of amides is 2. The van der Waals surface area contributed by atoms with Crippen molar-refractivity contribution in [1.29, 1.82) is 0 Å². The maximum Gasteiger partial charge on any atom is 0.341 e. The van der Waals surface area contributed by atoms with E-state index < -0.39 is 18.0 Å². The fourth-order valence-electron chi connectivity index (χ4n) is 3.14. The van der Waals surface area contributed by atoms with Gasteiger partial charge < -0.3 is 10.1 Å². The van der Waals surface area contributed by atoms with E-state index in [-0.39, 0.29) is 11.9 Å². The van der Waals surface area contributed by atoms with Gasteiger partial charge in [-0.1, -0.05) is 56.3 Å². The van der Waals surface area contributed by atoms with Crippen LogP contribution in [0.5, 0.6) is 0 Å². The Labute approximate surface area is 147 Å². The number of hydrogen-bond donors (Lipinski definition) is 1. The zero-order chi connectivity index (χ0) is 18.0. The third-order valence-electron chi connectivity index (χ3n) is 4.31. The first-order valence-electron chi connectivity index (χ1n) is 8.47. The summed E-state index contributed by atoms with van der Waals surface area (Å²) in [4.78, 5) is 28.6. The van der Waals surface area contributed by atoms with E-state index in [1.807, 2.05) is 56.3 Å². The van der Waals surface area contributed by atoms with Crippen molar-refractivity contribution in [3.05, 3.63) is 48.0 Å². The van der Waals surface area contributed by atoms with E-state index >= 15 is 0 Å². The van der Waals surface area contributed by atoms with Gasteiger partial charge in [0.05, 0.1) is 12.6 Å². The fourth-order valence-corrected chi connectivity index (χ4v) is 3.14. The minimum Gasteiger partial charge on any atom is -0.465 e. The molecular weight excluding hydrogens is 316 g/mol. The molecule has 3 rings (SSSR count). The van der Waals surface area contributed by atoms with Crippen LogP contribution in [0.4, 0.5) is 4.79 Å². The monoisotopic (exact) mass is 338 g/mol. The average Bonchev–Trinajstić information content (AvgIpc) is 2.58. The van der Waals surface area contributed by atoms with Gasteiger partial charge in [-0.3, -0.25) is 4.79 Å². The Kier molecular flexibility index (Phi) is 4.83. The third kappa shape index (κ3) is 3.55. The lowest BCUT2D eigenvalue weighted by Crippen LogP contribution is -2.44. The summed E-state index contributed by atoms with van der Waals surface area (Å²) in [5, 5.41) is 4.91. The Morgan fingerprint density at radius 3 is 2.68 bits per heavy atom. The summed E-state index contributed by atoms with van der Waals surface area (Å²) < 4.78 is 5.44. The number of carbonyl (C=O) groups excluding carboxylic acids is 2. The summed E-state index contributed by atoms with van der Waals surface area (Å²) in [6.45, 7) is 6.02. The van der Waals surface area contributed by atoms with Crippen molar-refractivity contribution in [3.8, 4) is 0 Å². The van der Waals surface area contributed by atoms with Crippen LogP contribution in [-0.4, -0.2) is 24.3 Å². The highest BCUT2D eigenvalue weighted by atomic mass is 16.5. The lowest BCUT2D eigenvalue weighted by molar-refractivity contribution is -0.148. The number of carbonyl (C=O) groups is 2. The predicted octanol–water partition coefficient (Wildman–Crippen LogP) is 3.88. The van der Waals surface area contributed by atoms with Crippen molar-refractivity contribution < 1.29 is 14.3 Å². The minimum atomic E-state index is -0.623. The first-order chi connectivity index (χ1) is 12.0. The Balaban J connectivity index is 2.03. The SMILES string of the molecule is CC1=NC(=O)NC(c2cccc3ccccc23)C1C(=O)OCC(C)C. The van der Waals surface area contributed by atoms with Gasteiger partial charge in [-0.2, -0.15) is 0 Å². The van der Waals surface area contributed by atoms with Crippen molar-refractivity contribution in [3.63, 3.8) is 0 Å². The van der Waals surface area contributed by atoms with Crippen LogP contribution in [0, 0.1) is 11.8 Å². The van der Waals surface area contributed by atoms with Crippen molar-refractivity contribution in [2.75, 3.05) is 6.61 Å². The second-order valence-corrected chi connectivity index (χ2v) is 6.75. The molecule has 2 unspecified atom stereocenters. The van der Waals surface area contributed by atoms with Crippen LogP contribution in [0.1, 0.15) is 32.4 Å². The Bertz CT molecular complexity index is 836. The molecule has 0 saturated heterocycles. The molecule has 5 nitrogen and oxygen atoms in total. The van der Waals surface area contributed by atoms with Gasteiger partial charge in [-0.25, -0.2) is 9.79 Å². The zero-order valence-electron chi connectivity index (χ0n) is 14.7. The highest BCUT2D eigenvalue weighted by Gasteiger charge is 2.38. The molecule has 1 heterocycles. The molecule has 1 N–H and O–H groups in total. The molecular formula is C20H22N2O3. The van der Waals surface area contributed by atoms with Crippen LogP contribution in [0.3, 0.4) is 0 Å². The molecule has 25 heavy (non-hydrogen) atoms. The number of nitrogens with one attached hydrogen (secondary N) is 1. The molecule has 1 aliphatic heterocycles. The second-order valence-electron chi connectivity index (χ2n) is 6.75. The van der Waals surface area contributed by atoms with E-state index in [2.05, 4.69) is 10.3 Å². The molecule has 2 aromatic rings. The Morgan fingerprint density at radius 1 is 1.20 bits per heavy atom. The largest absolute Gasteiger partial charge is 0.465 e. The molecule has 0 fully saturated rings. The fraction of sp³-hybridized carbons (Fsp3) is 0.350. The van der Waals surface area contributed by atoms with Crippen LogP contribution in [0.2, 0.25) is 0 Å². The smallest absolute Gasteiger partial charge is 0.341 e. The van der Waals surface area contributed by atoms with Gasteiger partial charge in [-0.05, 0) is 29.2 Å². The molecule has 0 spiro atoms. The Morgan fingerprint density at radius 2 is 1.92 bits per heavy atom. The van der Waals surface area contributed by atoms with Crippen molar-refractivity contribution in [2.24, 2.45) is 16.8 Å². The molecule has 2 atom stereocenters. The van der Waals surface area contributed by atoms with Gasteiger partial charge >= 0.3 is 12.0 Å². The number of nitrogens with zero attached hydrogens (tertiary/aromatic N) is 1. The summed E-state index contributed by atoms with van der Waals surface area (Å²) in [7, 11) is 0. The van der Waals surface area contributed by atoms with Gasteiger partial charge in [0, 0.05) is 5.71 Å². The summed E-state index contributed by atoms with van der Waals surface area (Å²) in [5.41, 5.74) is 1.38. The van der Waals surface area contributed by atoms with Crippen molar-refractivity contribution >= 4 is 28.5 Å². The van der Waals surface area contributed by atoms with Crippen molar-refractivity contribution in [1.82, 2.24) is 5.32 Å². The predicted molar refractivity (Wildman–Crippen MR) is 97.6 cm³/mol. The number of rotatable bonds is 4. The number of fused-ring (bicyclic) bond motifs is 1. The van der Waals surface area contributed by atoms with E-state index in [9.17, 15) is 9.59 Å². The number of esters is 1. The highest BCUT2D eigenvalue weighted by Crippen LogP contribution is 2.32. The lowest BCUT2D eigenvalue weighted by atomic mass is 9.86. The summed E-state index contributed by atoms with van der Waals surface area (Å²) in [6.07, 6.45) is 0. The highest BCUT2D eigenvalue weighted by molar-refractivity contribution is 6.08. The molecule has 0 aliphatic carbocycles. The zero-order valence-corrected chi connectivity index (χ0v) is 14.7. The van der Waals surface area contributed by atoms with E-state index in [4.69, 9.17) is 4.74 Å². The van der Waals surface area contributed by atoms with Gasteiger partial charge in [0.1, 0.15) is 5.92 Å². The van der Waals surface area contributed by atoms with Crippen LogP contribution in [-0.2, 0) is 9.53 Å². The topological polar surface area (TPSA) is 67.8 Å². The van der Waals surface area contributed by atoms with Crippen LogP contribution in [0.15, 0.2) is 47.5 Å². The normalized spacial score (nSPS) is 20.3. The number of aliphatic imine (C=N–C) groups is 1. The molecule has 2 amide bonds. The van der Waals surface area contributed by atoms with E-state index in [1.54, 1.807) is 6.92 Å². The molecule has 2 aromatic carbocycles. The van der Waals surface area contributed by atoms with Crippen molar-refractivity contribution in [2.45, 2.75) is 26.8 Å². The van der Waals surface area contributed by atoms with E-state index in [0.717, 1.165) is 16.3 Å². The van der Waals surface area contributed by atoms with Gasteiger partial charge in [0.2, 0.25) is 0 Å². The minimum absolute atomic E-state index is 0.246. The third-order valence-corrected chi connectivity index (χ3v) is 4.31. The first kappa shape index (κ1) is 17.1. The molecule has 5 heteroatoms. The standard InChI is InChI=1S/C20H22N2O3/c1-12(2)11-25-19(23)17-13(3)21-20(24)22-18(17)16-10-6-8-14-7-4-5-9-15(14)16/h4-10,12,17-18H,11H2,1-3H3,(H,22,24). The molecule has 0 saturated carbocycles. The average molecular weight is 338 g/mol. The molecule has 0 aromatic heterocycles. The lowest BCUT2D eigenvalue weighted by Gasteiger charge is -2.30. The summed E-state index contributed by atoms with van der Waals surface area (Å²) in [5.74, 6) is -0.731. The van der Waals surface area contributed by atoms with Gasteiger partial charge in [0.15, 0.2) is 0 Å². The van der Waals surface area contributed by atoms with E-state index in [1.165, 1.54) is 0 Å². The molecule has 0 radical (unpaired) electrons. The number of benzene rings is 2. The molecule has 1 aliphatic rings. The number of urea groups is 1. The summed E-state index contributed by atoms with van der Waals surface area (Å²) >= 11 is 0. The van der Waals surface area contributed by atoms with Gasteiger partial charge in [-0.15, -0.1) is 0 Å². The quantitative estimate of drug-likeness (QED) is 0.860. The molecule has 0 bridgehead atoms. The first-order valence-corrected chi connectivity index (χ1v) is 8.47. The Hall–Kier alpha value is -2.69. The second kappa shape index (κ2) is 7.05.